The van der Waals surface area contributed by atoms with Crippen molar-refractivity contribution >= 4 is 15.7 Å². The number of piperazine rings is 1. The number of nitrogens with zero attached hydrogens (tertiary/aromatic N) is 2. The van der Waals surface area contributed by atoms with Crippen molar-refractivity contribution in [2.75, 3.05) is 58.4 Å². The van der Waals surface area contributed by atoms with Crippen molar-refractivity contribution in [1.82, 2.24) is 9.62 Å². The molecule has 3 rings (SSSR count). The number of methoxy groups -OCH3 is 2. The lowest BCUT2D eigenvalue weighted by molar-refractivity contribution is 0.262. The standard InChI is InChI=1S/C22H31N3O4S/c1-17-15-21(16-18(2)22(17)29-4)30(26,27)23-9-10-24-11-13-25(14-12-24)19-5-7-20(28-3)8-6-19/h5-8,15-16,23H,9-14H2,1-4H3. The van der Waals surface area contributed by atoms with Crippen molar-refractivity contribution in [3.05, 3.63) is 47.5 Å². The summed E-state index contributed by atoms with van der Waals surface area (Å²) in [5, 5.41) is 0. The van der Waals surface area contributed by atoms with Crippen molar-refractivity contribution in [1.29, 1.82) is 0 Å². The van der Waals surface area contributed by atoms with Crippen LogP contribution in [0.3, 0.4) is 0 Å². The number of hydrogen-bond acceptors (Lipinski definition) is 6. The van der Waals surface area contributed by atoms with Crippen LogP contribution in [0.1, 0.15) is 11.1 Å². The molecule has 0 radical (unpaired) electrons. The minimum Gasteiger partial charge on any atom is -0.497 e. The highest BCUT2D eigenvalue weighted by molar-refractivity contribution is 7.89. The maximum atomic E-state index is 12.7. The van der Waals surface area contributed by atoms with Gasteiger partial charge in [0.05, 0.1) is 19.1 Å². The molecule has 2 aromatic rings. The van der Waals surface area contributed by atoms with Crippen LogP contribution in [0.25, 0.3) is 0 Å². The van der Waals surface area contributed by atoms with E-state index < -0.39 is 10.0 Å². The average Bonchev–Trinajstić information content (AvgIpc) is 2.74. The van der Waals surface area contributed by atoms with Crippen LogP contribution in [-0.2, 0) is 10.0 Å². The van der Waals surface area contributed by atoms with E-state index >= 15 is 0 Å². The Morgan fingerprint density at radius 3 is 2.07 bits per heavy atom. The van der Waals surface area contributed by atoms with E-state index in [9.17, 15) is 8.42 Å². The molecule has 1 saturated heterocycles. The molecular weight excluding hydrogens is 402 g/mol. The Balaban J connectivity index is 1.50. The molecule has 1 aliphatic rings. The zero-order chi connectivity index (χ0) is 21.7. The Hall–Kier alpha value is -2.29. The van der Waals surface area contributed by atoms with Gasteiger partial charge in [-0.1, -0.05) is 0 Å². The highest BCUT2D eigenvalue weighted by Gasteiger charge is 2.20. The average molecular weight is 434 g/mol. The molecule has 0 unspecified atom stereocenters. The third-order valence-corrected chi connectivity index (χ3v) is 6.92. The Kier molecular flexibility index (Phi) is 7.23. The molecule has 0 bridgehead atoms. The summed E-state index contributed by atoms with van der Waals surface area (Å²) in [5.74, 6) is 1.58. The Labute approximate surface area is 179 Å². The molecule has 1 fully saturated rings. The monoisotopic (exact) mass is 433 g/mol. The lowest BCUT2D eigenvalue weighted by atomic mass is 10.1. The highest BCUT2D eigenvalue weighted by atomic mass is 32.2. The van der Waals surface area contributed by atoms with Gasteiger partial charge < -0.3 is 14.4 Å². The zero-order valence-electron chi connectivity index (χ0n) is 18.1. The van der Waals surface area contributed by atoms with Crippen LogP contribution in [0.2, 0.25) is 0 Å². The van der Waals surface area contributed by atoms with Gasteiger partial charge in [-0.2, -0.15) is 0 Å². The number of sulfonamides is 1. The molecule has 0 aliphatic carbocycles. The summed E-state index contributed by atoms with van der Waals surface area (Å²) in [6.45, 7) is 8.40. The van der Waals surface area contributed by atoms with E-state index in [0.29, 0.717) is 13.1 Å². The fourth-order valence-electron chi connectivity index (χ4n) is 3.83. The van der Waals surface area contributed by atoms with Gasteiger partial charge in [0.1, 0.15) is 11.5 Å². The van der Waals surface area contributed by atoms with Crippen LogP contribution in [0.4, 0.5) is 5.69 Å². The first kappa shape index (κ1) is 22.4. The van der Waals surface area contributed by atoms with E-state index in [1.807, 2.05) is 26.0 Å². The van der Waals surface area contributed by atoms with Gasteiger partial charge in [0.2, 0.25) is 10.0 Å². The Morgan fingerprint density at radius 2 is 1.53 bits per heavy atom. The van der Waals surface area contributed by atoms with Crippen molar-refractivity contribution in [3.8, 4) is 11.5 Å². The van der Waals surface area contributed by atoms with E-state index in [4.69, 9.17) is 9.47 Å². The SMILES string of the molecule is COc1ccc(N2CCN(CCNS(=O)(=O)c3cc(C)c(OC)c(C)c3)CC2)cc1. The van der Waals surface area contributed by atoms with Crippen molar-refractivity contribution in [2.45, 2.75) is 18.7 Å². The molecule has 7 nitrogen and oxygen atoms in total. The summed E-state index contributed by atoms with van der Waals surface area (Å²) < 4.78 is 38.6. The minimum absolute atomic E-state index is 0.280. The van der Waals surface area contributed by atoms with Gasteiger partial charge in [0, 0.05) is 45.0 Å². The predicted octanol–water partition coefficient (Wildman–Crippen LogP) is 2.42. The topological polar surface area (TPSA) is 71.1 Å². The third-order valence-electron chi connectivity index (χ3n) is 5.48. The lowest BCUT2D eigenvalue weighted by Crippen LogP contribution is -2.48. The Morgan fingerprint density at radius 1 is 0.933 bits per heavy atom. The second-order valence-corrected chi connectivity index (χ2v) is 9.28. The molecule has 164 valence electrons. The van der Waals surface area contributed by atoms with Crippen LogP contribution in [0, 0.1) is 13.8 Å². The van der Waals surface area contributed by atoms with Crippen LogP contribution in [0.15, 0.2) is 41.3 Å². The molecule has 0 atom stereocenters. The van der Waals surface area contributed by atoms with E-state index in [1.54, 1.807) is 26.4 Å². The second kappa shape index (κ2) is 9.68. The van der Waals surface area contributed by atoms with Crippen LogP contribution in [-0.4, -0.2) is 66.8 Å². The van der Waals surface area contributed by atoms with Gasteiger partial charge in [0.15, 0.2) is 0 Å². The first-order chi connectivity index (χ1) is 14.3. The van der Waals surface area contributed by atoms with Gasteiger partial charge in [-0.3, -0.25) is 4.90 Å². The molecular formula is C22H31N3O4S. The predicted molar refractivity (Wildman–Crippen MR) is 119 cm³/mol. The van der Waals surface area contributed by atoms with Crippen molar-refractivity contribution < 1.29 is 17.9 Å². The molecule has 0 saturated carbocycles. The first-order valence-corrected chi connectivity index (χ1v) is 11.6. The number of ether oxygens (including phenoxy) is 2. The second-order valence-electron chi connectivity index (χ2n) is 7.51. The van der Waals surface area contributed by atoms with Crippen molar-refractivity contribution in [2.24, 2.45) is 0 Å². The van der Waals surface area contributed by atoms with Gasteiger partial charge in [-0.25, -0.2) is 13.1 Å². The molecule has 0 spiro atoms. The van der Waals surface area contributed by atoms with Crippen LogP contribution in [0.5, 0.6) is 11.5 Å². The van der Waals surface area contributed by atoms with Crippen molar-refractivity contribution in [3.63, 3.8) is 0 Å². The summed E-state index contributed by atoms with van der Waals surface area (Å²) >= 11 is 0. The minimum atomic E-state index is -3.55. The normalized spacial score (nSPS) is 15.3. The molecule has 0 aromatic heterocycles. The summed E-state index contributed by atoms with van der Waals surface area (Å²) in [6, 6.07) is 11.4. The number of rotatable bonds is 8. The highest BCUT2D eigenvalue weighted by Crippen LogP contribution is 2.26. The summed E-state index contributed by atoms with van der Waals surface area (Å²) in [6.07, 6.45) is 0. The van der Waals surface area contributed by atoms with Crippen LogP contribution < -0.4 is 19.1 Å². The molecule has 2 aromatic carbocycles. The smallest absolute Gasteiger partial charge is 0.240 e. The number of anilines is 1. The van der Waals surface area contributed by atoms with E-state index in [1.165, 1.54) is 5.69 Å². The first-order valence-electron chi connectivity index (χ1n) is 10.1. The van der Waals surface area contributed by atoms with Crippen LogP contribution >= 0.6 is 0 Å². The summed E-state index contributed by atoms with van der Waals surface area (Å²) in [4.78, 5) is 4.90. The van der Waals surface area contributed by atoms with E-state index in [2.05, 4.69) is 26.7 Å². The molecule has 8 heteroatoms. The van der Waals surface area contributed by atoms with E-state index in [-0.39, 0.29) is 4.90 Å². The summed E-state index contributed by atoms with van der Waals surface area (Å²) in [7, 11) is -0.287. The van der Waals surface area contributed by atoms with Gasteiger partial charge in [0.25, 0.3) is 0 Å². The maximum absolute atomic E-state index is 12.7. The van der Waals surface area contributed by atoms with Gasteiger partial charge in [-0.15, -0.1) is 0 Å². The quantitative estimate of drug-likeness (QED) is 0.690. The molecule has 0 amide bonds. The third kappa shape index (κ3) is 5.24. The zero-order valence-corrected chi connectivity index (χ0v) is 19.0. The Bertz CT molecular complexity index is 930. The van der Waals surface area contributed by atoms with E-state index in [0.717, 1.165) is 48.8 Å². The number of nitrogens with one attached hydrogen (secondary N) is 1. The number of hydrogen-bond donors (Lipinski definition) is 1. The molecule has 30 heavy (non-hydrogen) atoms. The van der Waals surface area contributed by atoms with Gasteiger partial charge >= 0.3 is 0 Å². The fraction of sp³-hybridized carbons (Fsp3) is 0.455. The lowest BCUT2D eigenvalue weighted by Gasteiger charge is -2.36. The summed E-state index contributed by atoms with van der Waals surface area (Å²) in [5.41, 5.74) is 2.81. The molecule has 1 heterocycles. The van der Waals surface area contributed by atoms with Gasteiger partial charge in [-0.05, 0) is 61.4 Å². The number of aryl methyl sites for hydroxylation is 2. The fourth-order valence-corrected chi connectivity index (χ4v) is 5.02. The maximum Gasteiger partial charge on any atom is 0.240 e. The molecule has 1 N–H and O–H groups in total. The largest absolute Gasteiger partial charge is 0.497 e. The number of benzene rings is 2. The molecule has 1 aliphatic heterocycles.